The molecule has 1 saturated heterocycles. The van der Waals surface area contributed by atoms with E-state index in [9.17, 15) is 72.5 Å². The predicted molar refractivity (Wildman–Crippen MR) is 558 cm³/mol. The fourth-order valence-corrected chi connectivity index (χ4v) is 18.0. The first-order chi connectivity index (χ1) is 64.5. The molecule has 8 rings (SSSR count). The van der Waals surface area contributed by atoms with E-state index < -0.39 is 65.9 Å². The van der Waals surface area contributed by atoms with Crippen LogP contribution >= 0.6 is 84.2 Å². The number of carboxylic acid groups (broad SMARTS) is 2. The smallest absolute Gasteiger partial charge is 0.326 e. The second-order valence-electron chi connectivity index (χ2n) is 34.6. The molecule has 0 bridgehead atoms. The van der Waals surface area contributed by atoms with Crippen LogP contribution < -0.4 is 58.5 Å². The number of nitrogens with one attached hydrogen (secondary N) is 11. The van der Waals surface area contributed by atoms with Crippen molar-refractivity contribution < 1.29 is 72.5 Å². The fourth-order valence-electron chi connectivity index (χ4n) is 15.7. The molecule has 3 heterocycles. The first kappa shape index (κ1) is 114. The molecule has 0 spiro atoms. The Morgan fingerprint density at radius 1 is 0.511 bits per heavy atom. The van der Waals surface area contributed by atoms with Crippen LogP contribution in [0, 0.1) is 17.8 Å². The standard InChI is InChI=1S/C35H47N5O5S3.C34H49N5O3S3.C30H42N4O7S/c1-23(46)21-24-10-12-26(13-11-24)37-35(47)36-18-5-4-9-30(34(44)45)38-32(42)15-14-31(41)29(17-20-48-3)39-33(43)28-8-6-7-25-22-40(2)19-16-27(25)28;1-6-23(2)30(33(41)36-18-7-8-29(44)20-25-9-13-27(14-10-25)37-24(3)43)21-32(40)31(17-19-45-5)39-34(42)38-28-15-11-26(12-16-28)22-35-4;1-19-17-27(37)34(29(19)39)14-5-4-9-24(30(40)41)31-26(36)11-10-25(35)23(13-16-42-3)32-28(38)22-8-6-7-20-18-33(2)15-12-21(20)22/h6-8,10-13,29-30H,4-5,9,14-22H2,1-3H3,(H,38,42)(H,39,43)(H,44,45)(H2,36,37,47);9-16,23,30-31,35H,6-8,17-22H2,1-5H3,(H,36,41)(H,37,43)(H2,38,39,42);6-8,19,23-24H,4-5,9-18H2,1-3H3,(H,31,36)(H,32,38)(H,40,41)/t29-,30-;23-,30-,31-;19?,23-,24-/m000/s1. The van der Waals surface area contributed by atoms with Crippen molar-refractivity contribution in [1.29, 1.82) is 0 Å². The highest BCUT2D eigenvalue weighted by Gasteiger charge is 2.37. The van der Waals surface area contributed by atoms with E-state index in [-0.39, 0.29) is 117 Å². The summed E-state index contributed by atoms with van der Waals surface area (Å²) in [6.07, 6.45) is 14.4. The number of likely N-dealkylation sites (tertiary alicyclic amines) is 1. The van der Waals surface area contributed by atoms with Crippen molar-refractivity contribution in [1.82, 2.24) is 57.2 Å². The van der Waals surface area contributed by atoms with Gasteiger partial charge in [0.05, 0.1) is 23.1 Å². The van der Waals surface area contributed by atoms with Crippen molar-refractivity contribution >= 4 is 198 Å². The number of carboxylic acids is 2. The zero-order chi connectivity index (χ0) is 99.1. The molecule has 29 nitrogen and oxygen atoms in total. The largest absolute Gasteiger partial charge is 0.480 e. The lowest BCUT2D eigenvalue weighted by Crippen LogP contribution is -2.45. The molecular formula is C99H138N14O15S7. The van der Waals surface area contributed by atoms with Crippen LogP contribution in [0.25, 0.3) is 0 Å². The number of nitrogens with zero attached hydrogens (tertiary/aromatic N) is 3. The molecule has 0 aromatic heterocycles. The number of likely N-dealkylation sites (N-methyl/N-ethyl adjacent to an activating group) is 2. The number of benzene rings is 5. The zero-order valence-corrected chi connectivity index (χ0v) is 85.5. The summed E-state index contributed by atoms with van der Waals surface area (Å²) < 4.78 is 0. The Morgan fingerprint density at radius 3 is 1.42 bits per heavy atom. The molecule has 1 unspecified atom stereocenters. The molecule has 36 heteroatoms. The summed E-state index contributed by atoms with van der Waals surface area (Å²) in [4.78, 5) is 173. The van der Waals surface area contributed by atoms with Crippen molar-refractivity contribution in [3.63, 3.8) is 0 Å². The van der Waals surface area contributed by atoms with Crippen LogP contribution in [0.15, 0.2) is 109 Å². The van der Waals surface area contributed by atoms with E-state index in [2.05, 4.69) is 68.3 Å². The molecule has 9 amide bonds. The van der Waals surface area contributed by atoms with Crippen molar-refractivity contribution in [2.24, 2.45) is 17.8 Å². The summed E-state index contributed by atoms with van der Waals surface area (Å²) >= 11 is 25.9. The average molecular weight is 1990 g/mol. The summed E-state index contributed by atoms with van der Waals surface area (Å²) in [5, 5.41) is 51.7. The maximum atomic E-state index is 13.5. The van der Waals surface area contributed by atoms with Crippen molar-refractivity contribution in [3.05, 3.63) is 159 Å². The monoisotopic (exact) mass is 1990 g/mol. The number of amides is 9. The van der Waals surface area contributed by atoms with Gasteiger partial charge in [-0.05, 0) is 270 Å². The highest BCUT2D eigenvalue weighted by Crippen LogP contribution is 2.28. The molecule has 1 fully saturated rings. The molecule has 5 aromatic rings. The van der Waals surface area contributed by atoms with Crippen molar-refractivity contribution in [2.75, 3.05) is 106 Å². The summed E-state index contributed by atoms with van der Waals surface area (Å²) in [6, 6.07) is 29.9. The minimum absolute atomic E-state index is 0.0145. The van der Waals surface area contributed by atoms with Gasteiger partial charge in [0, 0.05) is 144 Å². The van der Waals surface area contributed by atoms with Crippen LogP contribution in [0.3, 0.4) is 0 Å². The number of aliphatic carboxylic acids is 2. The van der Waals surface area contributed by atoms with E-state index >= 15 is 0 Å². The number of rotatable bonds is 55. The van der Waals surface area contributed by atoms with Gasteiger partial charge < -0.3 is 78.5 Å². The highest BCUT2D eigenvalue weighted by molar-refractivity contribution is 7.99. The number of fused-ring (bicyclic) bond motifs is 2. The number of Topliss-reactive ketones (excluding diaryl/α,β-unsaturated/α-hetero) is 3. The molecule has 135 heavy (non-hydrogen) atoms. The summed E-state index contributed by atoms with van der Waals surface area (Å²) in [5.74, 6) is -3.98. The van der Waals surface area contributed by atoms with E-state index in [1.807, 2.05) is 165 Å². The van der Waals surface area contributed by atoms with Gasteiger partial charge in [0.1, 0.15) is 12.1 Å². The first-order valence-corrected chi connectivity index (χ1v) is 52.1. The van der Waals surface area contributed by atoms with E-state index in [0.717, 1.165) is 136 Å². The number of hydrogen-bond donors (Lipinski definition) is 13. The third kappa shape index (κ3) is 41.8. The molecule has 5 aromatic carbocycles. The SMILES string of the molecule is CC[C@H](C)[C@H](CC(=O)[C@H](CCSC)NC(=O)Nc1ccc(CNC)cc1)C(=O)NCCCC(=S)Cc1ccc(NC(C)=S)cc1.CSCC[C@H](NC(=O)c1cccc2c1CCN(C)C2)C(=O)CCC(=O)N[C@@H](CCCCN1C(=O)CC(C)C1=O)C(=O)O.CSCC[C@H](NC(=O)c1cccc2c1CCN(C)C2)C(=O)CCC(=O)N[C@@H](CCCCNC(=S)Nc1ccc(CC(C)=S)cc1)C(=O)O. The maximum Gasteiger partial charge on any atom is 0.326 e. The van der Waals surface area contributed by atoms with E-state index in [1.54, 1.807) is 54.3 Å². The number of hydrogen-bond acceptors (Lipinski definition) is 23. The second-order valence-corrected chi connectivity index (χ2v) is 39.8. The van der Waals surface area contributed by atoms with Crippen LogP contribution in [0.2, 0.25) is 0 Å². The van der Waals surface area contributed by atoms with Gasteiger partial charge in [-0.3, -0.25) is 52.8 Å². The Balaban J connectivity index is 0.000000312. The normalized spacial score (nSPS) is 14.9. The number of thiocarbonyl (C=S) groups is 4. The van der Waals surface area contributed by atoms with Gasteiger partial charge in [-0.15, -0.1) is 0 Å². The topological polar surface area (TPSA) is 404 Å². The lowest BCUT2D eigenvalue weighted by Gasteiger charge is -2.27. The molecule has 736 valence electrons. The van der Waals surface area contributed by atoms with Gasteiger partial charge in [0.2, 0.25) is 29.5 Å². The molecular weight excluding hydrogens is 1850 g/mol. The van der Waals surface area contributed by atoms with Crippen LogP contribution in [-0.2, 0) is 93.3 Å². The Bertz CT molecular complexity index is 4840. The minimum Gasteiger partial charge on any atom is -0.480 e. The molecule has 3 aliphatic rings. The number of imide groups is 1. The molecule has 0 saturated carbocycles. The van der Waals surface area contributed by atoms with Crippen LogP contribution in [-0.4, -0.2) is 242 Å². The molecule has 13 N–H and O–H groups in total. The van der Waals surface area contributed by atoms with Crippen molar-refractivity contribution in [3.8, 4) is 0 Å². The average Bonchev–Trinajstić information content (AvgIpc) is 1.42. The van der Waals surface area contributed by atoms with Crippen LogP contribution in [0.5, 0.6) is 0 Å². The van der Waals surface area contributed by atoms with E-state index in [0.29, 0.717) is 104 Å². The van der Waals surface area contributed by atoms with Crippen molar-refractivity contribution in [2.45, 2.75) is 226 Å². The second kappa shape index (κ2) is 61.7. The summed E-state index contributed by atoms with van der Waals surface area (Å²) in [7, 11) is 5.95. The summed E-state index contributed by atoms with van der Waals surface area (Å²) in [5.41, 5.74) is 11.2. The third-order valence-electron chi connectivity index (χ3n) is 23.5. The Labute approximate surface area is 830 Å². The van der Waals surface area contributed by atoms with E-state index in [1.165, 1.54) is 4.90 Å². The quantitative estimate of drug-likeness (QED) is 0.00977. The molecule has 0 radical (unpaired) electrons. The fraction of sp³-hybridized carbons (Fsp3) is 0.525. The number of urea groups is 1. The van der Waals surface area contributed by atoms with Gasteiger partial charge in [-0.2, -0.15) is 35.3 Å². The number of unbranched alkanes of at least 4 members (excludes halogenated alkanes) is 2. The summed E-state index contributed by atoms with van der Waals surface area (Å²) in [6.45, 7) is 14.7. The Hall–Kier alpha value is -9.50. The number of thioether (sulfide) groups is 3. The molecule has 8 atom stereocenters. The van der Waals surface area contributed by atoms with Gasteiger partial charge in [-0.1, -0.05) is 125 Å². The predicted octanol–water partition coefficient (Wildman–Crippen LogP) is 13.1. The number of ketones is 3. The third-order valence-corrected chi connectivity index (χ3v) is 26.3. The Morgan fingerprint density at radius 2 is 0.970 bits per heavy atom. The van der Waals surface area contributed by atoms with Gasteiger partial charge in [0.25, 0.3) is 11.8 Å². The highest BCUT2D eigenvalue weighted by atomic mass is 32.2. The number of carbonyl (C=O) groups is 13. The number of carbonyl (C=O) groups excluding carboxylic acids is 11. The molecule has 0 aliphatic carbocycles. The van der Waals surface area contributed by atoms with E-state index in [4.69, 9.17) is 48.9 Å². The zero-order valence-electron chi connectivity index (χ0n) is 79.7. The lowest BCUT2D eigenvalue weighted by atomic mass is 9.85. The number of anilines is 3. The van der Waals surface area contributed by atoms with Gasteiger partial charge in [0.15, 0.2) is 22.5 Å². The Kier molecular flexibility index (Phi) is 52.2. The van der Waals surface area contributed by atoms with Gasteiger partial charge >= 0.3 is 18.0 Å². The molecule has 3 aliphatic heterocycles. The van der Waals surface area contributed by atoms with Crippen LogP contribution in [0.1, 0.15) is 210 Å². The first-order valence-electron chi connectivity index (χ1n) is 46.3. The van der Waals surface area contributed by atoms with Crippen LogP contribution in [0.4, 0.5) is 21.9 Å². The lowest BCUT2D eigenvalue weighted by molar-refractivity contribution is -0.142. The van der Waals surface area contributed by atoms with Gasteiger partial charge in [-0.25, -0.2) is 14.4 Å². The maximum absolute atomic E-state index is 13.5. The minimum atomic E-state index is -1.20.